The van der Waals surface area contributed by atoms with Crippen molar-refractivity contribution in [2.24, 2.45) is 0 Å². The average molecular weight is 286 g/mol. The first-order valence-corrected chi connectivity index (χ1v) is 6.98. The highest BCUT2D eigenvalue weighted by Gasteiger charge is 2.11. The zero-order chi connectivity index (χ0) is 14.7. The van der Waals surface area contributed by atoms with Crippen LogP contribution in [0.3, 0.4) is 0 Å². The van der Waals surface area contributed by atoms with Crippen LogP contribution in [0.15, 0.2) is 24.4 Å². The van der Waals surface area contributed by atoms with Gasteiger partial charge in [-0.25, -0.2) is 4.98 Å². The molecule has 2 heterocycles. The van der Waals surface area contributed by atoms with E-state index < -0.39 is 0 Å². The van der Waals surface area contributed by atoms with Crippen LogP contribution in [0.2, 0.25) is 0 Å². The van der Waals surface area contributed by atoms with Crippen LogP contribution in [0.5, 0.6) is 11.5 Å². The minimum atomic E-state index is 0.151. The first kappa shape index (κ1) is 13.5. The number of benzene rings is 1. The molecule has 1 aliphatic rings. The highest BCUT2D eigenvalue weighted by atomic mass is 16.5. The normalized spacial score (nSPS) is 12.8. The molecular formula is C15H18N4O2. The standard InChI is InChI=1S/C15H18N4O2/c16-14-13(9-18-15(17)19-14)20-6-1-2-10-3-4-11-5-7-21-12(11)8-10/h3-4,8-9H,1-2,5-7H2,(H4,16,17,18,19). The first-order valence-electron chi connectivity index (χ1n) is 6.98. The summed E-state index contributed by atoms with van der Waals surface area (Å²) in [6.07, 6.45) is 4.31. The number of nitrogen functional groups attached to an aromatic ring is 2. The second-order valence-corrected chi connectivity index (χ2v) is 4.97. The molecule has 0 saturated heterocycles. The third-order valence-electron chi connectivity index (χ3n) is 3.43. The Bertz CT molecular complexity index is 646. The quantitative estimate of drug-likeness (QED) is 0.810. The Labute approximate surface area is 123 Å². The minimum Gasteiger partial charge on any atom is -0.493 e. The van der Waals surface area contributed by atoms with E-state index in [2.05, 4.69) is 28.2 Å². The van der Waals surface area contributed by atoms with Crippen molar-refractivity contribution in [2.45, 2.75) is 19.3 Å². The largest absolute Gasteiger partial charge is 0.493 e. The number of aromatic nitrogens is 2. The summed E-state index contributed by atoms with van der Waals surface area (Å²) in [6.45, 7) is 1.34. The summed E-state index contributed by atoms with van der Waals surface area (Å²) in [5.41, 5.74) is 13.7. The maximum absolute atomic E-state index is 5.70. The van der Waals surface area contributed by atoms with Gasteiger partial charge in [-0.3, -0.25) is 0 Å². The maximum Gasteiger partial charge on any atom is 0.222 e. The van der Waals surface area contributed by atoms with Crippen LogP contribution < -0.4 is 20.9 Å². The smallest absolute Gasteiger partial charge is 0.222 e. The number of nitrogens with zero attached hydrogens (tertiary/aromatic N) is 2. The van der Waals surface area contributed by atoms with Gasteiger partial charge in [0.05, 0.1) is 19.4 Å². The molecular weight excluding hydrogens is 268 g/mol. The molecule has 1 aliphatic heterocycles. The highest BCUT2D eigenvalue weighted by molar-refractivity contribution is 5.46. The highest BCUT2D eigenvalue weighted by Crippen LogP contribution is 2.26. The van der Waals surface area contributed by atoms with Gasteiger partial charge in [0.15, 0.2) is 11.6 Å². The van der Waals surface area contributed by atoms with Gasteiger partial charge in [-0.05, 0) is 30.0 Å². The van der Waals surface area contributed by atoms with Crippen molar-refractivity contribution in [1.29, 1.82) is 0 Å². The summed E-state index contributed by atoms with van der Waals surface area (Å²) in [5, 5.41) is 0. The second kappa shape index (κ2) is 5.87. The number of fused-ring (bicyclic) bond motifs is 1. The van der Waals surface area contributed by atoms with Crippen molar-refractivity contribution in [3.05, 3.63) is 35.5 Å². The fourth-order valence-corrected chi connectivity index (χ4v) is 2.33. The molecule has 0 bridgehead atoms. The van der Waals surface area contributed by atoms with Crippen LogP contribution >= 0.6 is 0 Å². The van der Waals surface area contributed by atoms with E-state index in [-0.39, 0.29) is 11.8 Å². The molecule has 0 aliphatic carbocycles. The zero-order valence-electron chi connectivity index (χ0n) is 11.7. The van der Waals surface area contributed by atoms with E-state index in [0.29, 0.717) is 12.4 Å². The van der Waals surface area contributed by atoms with Crippen LogP contribution in [0, 0.1) is 0 Å². The summed E-state index contributed by atoms with van der Waals surface area (Å²) in [5.74, 6) is 1.91. The monoisotopic (exact) mass is 286 g/mol. The molecule has 0 amide bonds. The molecule has 6 nitrogen and oxygen atoms in total. The SMILES string of the molecule is Nc1ncc(OCCCc2ccc3c(c2)OCC3)c(N)n1. The Morgan fingerprint density at radius 3 is 3.05 bits per heavy atom. The van der Waals surface area contributed by atoms with Gasteiger partial charge >= 0.3 is 0 Å². The van der Waals surface area contributed by atoms with Crippen molar-refractivity contribution < 1.29 is 9.47 Å². The van der Waals surface area contributed by atoms with E-state index in [1.807, 2.05) is 0 Å². The first-order chi connectivity index (χ1) is 10.2. The number of anilines is 2. The van der Waals surface area contributed by atoms with Crippen LogP contribution in [0.4, 0.5) is 11.8 Å². The number of rotatable bonds is 5. The third kappa shape index (κ3) is 3.16. The Balaban J connectivity index is 1.50. The molecule has 0 fully saturated rings. The van der Waals surface area contributed by atoms with E-state index in [9.17, 15) is 0 Å². The molecule has 2 aromatic rings. The molecule has 21 heavy (non-hydrogen) atoms. The maximum atomic E-state index is 5.70. The van der Waals surface area contributed by atoms with Gasteiger partial charge < -0.3 is 20.9 Å². The lowest BCUT2D eigenvalue weighted by molar-refractivity contribution is 0.310. The lowest BCUT2D eigenvalue weighted by atomic mass is 10.1. The summed E-state index contributed by atoms with van der Waals surface area (Å²) in [6, 6.07) is 6.40. The molecule has 0 unspecified atom stereocenters. The van der Waals surface area contributed by atoms with Gasteiger partial charge in [-0.15, -0.1) is 0 Å². The fraction of sp³-hybridized carbons (Fsp3) is 0.333. The van der Waals surface area contributed by atoms with Crippen molar-refractivity contribution in [3.63, 3.8) is 0 Å². The molecule has 110 valence electrons. The van der Waals surface area contributed by atoms with Crippen molar-refractivity contribution in [3.8, 4) is 11.5 Å². The van der Waals surface area contributed by atoms with E-state index in [4.69, 9.17) is 20.9 Å². The zero-order valence-corrected chi connectivity index (χ0v) is 11.7. The van der Waals surface area contributed by atoms with Crippen molar-refractivity contribution in [2.75, 3.05) is 24.7 Å². The summed E-state index contributed by atoms with van der Waals surface area (Å²) in [7, 11) is 0. The van der Waals surface area contributed by atoms with Gasteiger partial charge in [0.1, 0.15) is 5.75 Å². The minimum absolute atomic E-state index is 0.151. The Hall–Kier alpha value is -2.50. The molecule has 0 atom stereocenters. The van der Waals surface area contributed by atoms with Crippen molar-refractivity contribution >= 4 is 11.8 Å². The lowest BCUT2D eigenvalue weighted by Gasteiger charge is -2.08. The van der Waals surface area contributed by atoms with Gasteiger partial charge in [-0.1, -0.05) is 12.1 Å². The third-order valence-corrected chi connectivity index (χ3v) is 3.43. The van der Waals surface area contributed by atoms with Crippen LogP contribution in [-0.4, -0.2) is 23.2 Å². The molecule has 0 spiro atoms. The molecule has 0 radical (unpaired) electrons. The molecule has 3 rings (SSSR count). The molecule has 1 aromatic carbocycles. The Morgan fingerprint density at radius 1 is 1.29 bits per heavy atom. The van der Waals surface area contributed by atoms with E-state index in [0.717, 1.165) is 31.6 Å². The van der Waals surface area contributed by atoms with Gasteiger partial charge in [-0.2, -0.15) is 4.98 Å². The Morgan fingerprint density at radius 2 is 2.19 bits per heavy atom. The molecule has 1 aromatic heterocycles. The van der Waals surface area contributed by atoms with Crippen molar-refractivity contribution in [1.82, 2.24) is 9.97 Å². The van der Waals surface area contributed by atoms with E-state index >= 15 is 0 Å². The number of ether oxygens (including phenoxy) is 2. The summed E-state index contributed by atoms with van der Waals surface area (Å²) in [4.78, 5) is 7.71. The van der Waals surface area contributed by atoms with E-state index in [1.54, 1.807) is 0 Å². The summed E-state index contributed by atoms with van der Waals surface area (Å²) < 4.78 is 11.1. The predicted molar refractivity (Wildman–Crippen MR) is 80.3 cm³/mol. The van der Waals surface area contributed by atoms with E-state index in [1.165, 1.54) is 17.3 Å². The lowest BCUT2D eigenvalue weighted by Crippen LogP contribution is -2.05. The molecule has 6 heteroatoms. The summed E-state index contributed by atoms with van der Waals surface area (Å²) >= 11 is 0. The average Bonchev–Trinajstić information content (AvgIpc) is 2.93. The predicted octanol–water partition coefficient (Wildman–Crippen LogP) is 1.59. The van der Waals surface area contributed by atoms with Gasteiger partial charge in [0, 0.05) is 6.42 Å². The Kier molecular flexibility index (Phi) is 3.77. The topological polar surface area (TPSA) is 96.3 Å². The van der Waals surface area contributed by atoms with Gasteiger partial charge in [0.25, 0.3) is 0 Å². The molecule has 0 saturated carbocycles. The number of nitrogens with two attached hydrogens (primary N) is 2. The number of aryl methyl sites for hydroxylation is 1. The number of hydrogen-bond acceptors (Lipinski definition) is 6. The number of hydrogen-bond donors (Lipinski definition) is 2. The van der Waals surface area contributed by atoms with Gasteiger partial charge in [0.2, 0.25) is 5.95 Å². The van der Waals surface area contributed by atoms with Crippen LogP contribution in [0.1, 0.15) is 17.5 Å². The van der Waals surface area contributed by atoms with Crippen LogP contribution in [-0.2, 0) is 12.8 Å². The molecule has 4 N–H and O–H groups in total. The fourth-order valence-electron chi connectivity index (χ4n) is 2.33. The second-order valence-electron chi connectivity index (χ2n) is 4.97. The van der Waals surface area contributed by atoms with Crippen LogP contribution in [0.25, 0.3) is 0 Å².